The van der Waals surface area contributed by atoms with Crippen LogP contribution in [0.2, 0.25) is 0 Å². The van der Waals surface area contributed by atoms with E-state index in [4.69, 9.17) is 0 Å². The molecular formula is C13H34N4O2. The third kappa shape index (κ3) is 8.15. The molecule has 0 saturated carbocycles. The van der Waals surface area contributed by atoms with Crippen LogP contribution < -0.4 is 5.32 Å². The first-order valence-corrected chi connectivity index (χ1v) is 6.27. The van der Waals surface area contributed by atoms with Crippen molar-refractivity contribution >= 4 is 6.41 Å². The van der Waals surface area contributed by atoms with Gasteiger partial charge in [-0.2, -0.15) is 0 Å². The molecule has 0 fully saturated rings. The van der Waals surface area contributed by atoms with Gasteiger partial charge in [-0.1, -0.05) is 0 Å². The summed E-state index contributed by atoms with van der Waals surface area (Å²) in [6.45, 7) is 8.35. The Labute approximate surface area is 119 Å². The van der Waals surface area contributed by atoms with Crippen molar-refractivity contribution in [2.24, 2.45) is 0 Å². The molecule has 0 radical (unpaired) electrons. The number of hydrogen-bond donors (Lipinski definition) is 1. The number of carbonyl (C=O) groups excluding carboxylic acids is 1. The third-order valence-corrected chi connectivity index (χ3v) is 3.97. The van der Waals surface area contributed by atoms with Gasteiger partial charge in [0.25, 0.3) is 0 Å². The number of nitrogens with zero attached hydrogens (tertiary/aromatic N) is 3. The van der Waals surface area contributed by atoms with Crippen molar-refractivity contribution in [2.45, 2.75) is 39.0 Å². The topological polar surface area (TPSA) is 73.4 Å². The molecule has 0 rings (SSSR count). The van der Waals surface area contributed by atoms with Gasteiger partial charge in [-0.05, 0) is 42.0 Å². The van der Waals surface area contributed by atoms with Crippen LogP contribution in [0.1, 0.15) is 27.7 Å². The third-order valence-electron chi connectivity index (χ3n) is 3.97. The maximum Gasteiger partial charge on any atom is 0.210 e. The molecule has 0 aromatic heterocycles. The summed E-state index contributed by atoms with van der Waals surface area (Å²) in [4.78, 5) is 16.2. The van der Waals surface area contributed by atoms with Gasteiger partial charge < -0.3 is 15.7 Å². The lowest BCUT2D eigenvalue weighted by atomic mass is 10.2. The van der Waals surface area contributed by atoms with Crippen LogP contribution in [0.15, 0.2) is 0 Å². The van der Waals surface area contributed by atoms with Crippen molar-refractivity contribution in [2.75, 3.05) is 42.3 Å². The Morgan fingerprint density at radius 2 is 1.26 bits per heavy atom. The van der Waals surface area contributed by atoms with Crippen LogP contribution in [-0.2, 0) is 4.79 Å². The summed E-state index contributed by atoms with van der Waals surface area (Å²) in [6.07, 6.45) is 0.833. The first-order chi connectivity index (χ1) is 7.93. The Morgan fingerprint density at radius 3 is 1.32 bits per heavy atom. The van der Waals surface area contributed by atoms with E-state index in [0.29, 0.717) is 0 Å². The minimum Gasteiger partial charge on any atom is -0.870 e. The van der Waals surface area contributed by atoms with Crippen LogP contribution in [0, 0.1) is 0 Å². The maximum absolute atomic E-state index is 10.4. The van der Waals surface area contributed by atoms with Crippen LogP contribution in [-0.4, -0.2) is 80.2 Å². The second-order valence-electron chi connectivity index (χ2n) is 5.94. The van der Waals surface area contributed by atoms with E-state index in [0.717, 1.165) is 6.41 Å². The fraction of sp³-hybridized carbons (Fsp3) is 0.923. The average molecular weight is 278 g/mol. The summed E-state index contributed by atoms with van der Waals surface area (Å²) in [5.41, 5.74) is 0.0573. The Hall–Kier alpha value is -0.690. The van der Waals surface area contributed by atoms with Gasteiger partial charge in [0, 0.05) is 20.9 Å². The molecule has 0 aromatic rings. The van der Waals surface area contributed by atoms with Gasteiger partial charge in [-0.3, -0.25) is 14.6 Å². The standard InChI is InChI=1S/C7H16N2O.C6H16N2.H2O/c1-7(2,8(3)4)9(5)6-10;1-6(2,7-3)8(4)5;/h6H,1-5H3;7H,1-5H3;1H2. The van der Waals surface area contributed by atoms with E-state index < -0.39 is 0 Å². The SMILES string of the molecule is CN(C)C(C)(C)N(C)C=O.C[NH2+]C(C)(C)N(C)C.[OH-]. The second-order valence-corrected chi connectivity index (χ2v) is 5.94. The number of carbonyl (C=O) groups is 1. The number of amides is 1. The monoisotopic (exact) mass is 278 g/mol. The molecule has 118 valence electrons. The summed E-state index contributed by atoms with van der Waals surface area (Å²) < 4.78 is 0. The van der Waals surface area contributed by atoms with Gasteiger partial charge in [0.15, 0.2) is 0 Å². The van der Waals surface area contributed by atoms with Gasteiger partial charge in [0.05, 0.1) is 12.7 Å². The molecule has 0 saturated heterocycles. The smallest absolute Gasteiger partial charge is 0.210 e. The second kappa shape index (κ2) is 9.25. The predicted molar refractivity (Wildman–Crippen MR) is 79.1 cm³/mol. The average Bonchev–Trinajstić information content (AvgIpc) is 2.28. The zero-order valence-electron chi connectivity index (χ0n) is 14.4. The van der Waals surface area contributed by atoms with E-state index in [1.807, 2.05) is 32.8 Å². The summed E-state index contributed by atoms with van der Waals surface area (Å²) in [6, 6.07) is 0. The normalized spacial score (nSPS) is 11.6. The lowest BCUT2D eigenvalue weighted by Crippen LogP contribution is -2.95. The first kappa shape index (κ1) is 23.4. The Kier molecular flexibility index (Phi) is 11.4. The predicted octanol–water partition coefficient (Wildman–Crippen LogP) is -0.327. The minimum atomic E-state index is -0.193. The Balaban J connectivity index is -0.000000262. The Bertz CT molecular complexity index is 241. The molecule has 0 heterocycles. The van der Waals surface area contributed by atoms with E-state index in [2.05, 4.69) is 45.2 Å². The van der Waals surface area contributed by atoms with Crippen molar-refractivity contribution in [3.05, 3.63) is 0 Å². The molecule has 0 aromatic carbocycles. The highest BCUT2D eigenvalue weighted by atomic mass is 16.1. The van der Waals surface area contributed by atoms with Crippen molar-refractivity contribution in [3.8, 4) is 0 Å². The number of nitrogens with two attached hydrogens (primary N) is 1. The molecule has 6 nitrogen and oxygen atoms in total. The van der Waals surface area contributed by atoms with Gasteiger partial charge in [0.2, 0.25) is 6.41 Å². The molecule has 0 aliphatic carbocycles. The van der Waals surface area contributed by atoms with Gasteiger partial charge in [-0.25, -0.2) is 0 Å². The van der Waals surface area contributed by atoms with Gasteiger partial charge >= 0.3 is 0 Å². The van der Waals surface area contributed by atoms with Crippen molar-refractivity contribution in [1.82, 2.24) is 14.7 Å². The molecule has 6 heteroatoms. The molecule has 3 N–H and O–H groups in total. The minimum absolute atomic E-state index is 0. The lowest BCUT2D eigenvalue weighted by molar-refractivity contribution is -0.718. The summed E-state index contributed by atoms with van der Waals surface area (Å²) >= 11 is 0. The molecule has 0 bridgehead atoms. The number of rotatable bonds is 5. The molecule has 0 atom stereocenters. The van der Waals surface area contributed by atoms with Crippen LogP contribution in [0.3, 0.4) is 0 Å². The number of quaternary nitrogens is 1. The van der Waals surface area contributed by atoms with Crippen molar-refractivity contribution in [3.63, 3.8) is 0 Å². The molecule has 0 aliphatic rings. The van der Waals surface area contributed by atoms with E-state index in [9.17, 15) is 4.79 Å². The summed E-state index contributed by atoms with van der Waals surface area (Å²) in [5.74, 6) is 0. The van der Waals surface area contributed by atoms with Crippen molar-refractivity contribution in [1.29, 1.82) is 0 Å². The maximum atomic E-state index is 10.4. The molecule has 1 amide bonds. The molecule has 0 unspecified atom stereocenters. The molecular weight excluding hydrogens is 244 g/mol. The zero-order chi connectivity index (χ0) is 15.1. The highest BCUT2D eigenvalue weighted by Crippen LogP contribution is 2.11. The highest BCUT2D eigenvalue weighted by Gasteiger charge is 2.24. The van der Waals surface area contributed by atoms with E-state index in [1.165, 1.54) is 0 Å². The van der Waals surface area contributed by atoms with Gasteiger partial charge in [0.1, 0.15) is 5.66 Å². The fourth-order valence-corrected chi connectivity index (χ4v) is 0.703. The summed E-state index contributed by atoms with van der Waals surface area (Å²) in [7, 11) is 11.9. The largest absolute Gasteiger partial charge is 0.870 e. The Morgan fingerprint density at radius 1 is 0.895 bits per heavy atom. The summed E-state index contributed by atoms with van der Waals surface area (Å²) in [5, 5.41) is 2.19. The highest BCUT2D eigenvalue weighted by molar-refractivity contribution is 5.47. The molecule has 19 heavy (non-hydrogen) atoms. The lowest BCUT2D eigenvalue weighted by Gasteiger charge is -2.38. The van der Waals surface area contributed by atoms with E-state index >= 15 is 0 Å². The van der Waals surface area contributed by atoms with Crippen molar-refractivity contribution < 1.29 is 15.6 Å². The van der Waals surface area contributed by atoms with Crippen LogP contribution in [0.4, 0.5) is 0 Å². The molecule has 0 spiro atoms. The van der Waals surface area contributed by atoms with E-state index in [1.54, 1.807) is 11.9 Å². The zero-order valence-corrected chi connectivity index (χ0v) is 14.4. The molecule has 0 aliphatic heterocycles. The van der Waals surface area contributed by atoms with E-state index in [-0.39, 0.29) is 16.8 Å². The first-order valence-electron chi connectivity index (χ1n) is 6.27. The van der Waals surface area contributed by atoms with Crippen LogP contribution >= 0.6 is 0 Å². The van der Waals surface area contributed by atoms with Crippen LogP contribution in [0.5, 0.6) is 0 Å². The quantitative estimate of drug-likeness (QED) is 0.552. The fourth-order valence-electron chi connectivity index (χ4n) is 0.703. The number of hydrogen-bond acceptors (Lipinski definition) is 4. The van der Waals surface area contributed by atoms with Gasteiger partial charge in [-0.15, -0.1) is 0 Å². The van der Waals surface area contributed by atoms with Crippen LogP contribution in [0.25, 0.3) is 0 Å².